The van der Waals surface area contributed by atoms with Crippen molar-refractivity contribution in [3.63, 3.8) is 0 Å². The fraction of sp³-hybridized carbons (Fsp3) is 0.286. The molecule has 19 heavy (non-hydrogen) atoms. The Kier molecular flexibility index (Phi) is 4.87. The Morgan fingerprint density at radius 2 is 2.21 bits per heavy atom. The lowest BCUT2D eigenvalue weighted by molar-refractivity contribution is 0.806. The topological polar surface area (TPSA) is 55.0 Å². The number of nitrogens with zero attached hydrogens (tertiary/aromatic N) is 3. The van der Waals surface area contributed by atoms with Gasteiger partial charge in [-0.3, -0.25) is 0 Å². The second-order valence-corrected chi connectivity index (χ2v) is 5.18. The van der Waals surface area contributed by atoms with Crippen LogP contribution in [-0.4, -0.2) is 23.1 Å². The maximum Gasteiger partial charge on any atom is 0.150 e. The average Bonchev–Trinajstić information content (AvgIpc) is 2.41. The van der Waals surface area contributed by atoms with E-state index in [1.807, 2.05) is 0 Å². The summed E-state index contributed by atoms with van der Waals surface area (Å²) in [5.74, 6) is 0.869. The van der Waals surface area contributed by atoms with Crippen LogP contribution in [0.4, 0.5) is 11.5 Å². The Balaban J connectivity index is 2.38. The third-order valence-corrected chi connectivity index (χ3v) is 3.36. The van der Waals surface area contributed by atoms with Crippen LogP contribution in [0.3, 0.4) is 0 Å². The van der Waals surface area contributed by atoms with Gasteiger partial charge in [-0.25, -0.2) is 9.97 Å². The second-order valence-electron chi connectivity index (χ2n) is 4.33. The van der Waals surface area contributed by atoms with Gasteiger partial charge in [0.25, 0.3) is 0 Å². The molecule has 0 aliphatic rings. The van der Waals surface area contributed by atoms with Gasteiger partial charge in [0.15, 0.2) is 5.82 Å². The molecule has 2 aromatic rings. The molecular formula is C14H17BrN4. The molecule has 2 rings (SSSR count). The van der Waals surface area contributed by atoms with E-state index in [-0.39, 0.29) is 0 Å². The van der Waals surface area contributed by atoms with E-state index in [9.17, 15) is 0 Å². The lowest BCUT2D eigenvalue weighted by Gasteiger charge is -2.24. The molecule has 100 valence electrons. The largest absolute Gasteiger partial charge is 0.330 e. The Labute approximate surface area is 121 Å². The van der Waals surface area contributed by atoms with Crippen molar-refractivity contribution in [1.29, 1.82) is 0 Å². The number of nitrogens with two attached hydrogens (primary N) is 1. The van der Waals surface area contributed by atoms with Crippen LogP contribution in [0.25, 0.3) is 0 Å². The van der Waals surface area contributed by atoms with E-state index in [1.54, 1.807) is 12.5 Å². The summed E-state index contributed by atoms with van der Waals surface area (Å²) in [7, 11) is 0. The van der Waals surface area contributed by atoms with Crippen molar-refractivity contribution >= 4 is 27.4 Å². The van der Waals surface area contributed by atoms with Crippen LogP contribution in [0.1, 0.15) is 12.0 Å². The number of anilines is 2. The van der Waals surface area contributed by atoms with Crippen LogP contribution in [-0.2, 0) is 0 Å². The summed E-state index contributed by atoms with van der Waals surface area (Å²) in [6.07, 6.45) is 4.23. The van der Waals surface area contributed by atoms with Crippen LogP contribution < -0.4 is 10.6 Å². The zero-order valence-corrected chi connectivity index (χ0v) is 12.5. The molecule has 5 heteroatoms. The number of aryl methyl sites for hydroxylation is 1. The Bertz CT molecular complexity index is 544. The molecule has 0 unspecified atom stereocenters. The smallest absolute Gasteiger partial charge is 0.150 e. The highest BCUT2D eigenvalue weighted by Crippen LogP contribution is 2.29. The third kappa shape index (κ3) is 3.52. The number of rotatable bonds is 5. The zero-order chi connectivity index (χ0) is 13.7. The van der Waals surface area contributed by atoms with Crippen LogP contribution in [0.2, 0.25) is 0 Å². The van der Waals surface area contributed by atoms with Gasteiger partial charge in [0.2, 0.25) is 0 Å². The highest BCUT2D eigenvalue weighted by Gasteiger charge is 2.13. The molecular weight excluding hydrogens is 304 g/mol. The standard InChI is InChI=1S/C14H17BrN4/c1-11-4-2-5-12(8-11)19(7-3-6-16)14-13(15)9-17-10-18-14/h2,4-5,8-10H,3,6-7,16H2,1H3. The fourth-order valence-electron chi connectivity index (χ4n) is 1.91. The number of hydrogen-bond acceptors (Lipinski definition) is 4. The van der Waals surface area contributed by atoms with Crippen molar-refractivity contribution in [2.24, 2.45) is 5.73 Å². The molecule has 0 aliphatic heterocycles. The lowest BCUT2D eigenvalue weighted by Crippen LogP contribution is -2.22. The Morgan fingerprint density at radius 3 is 2.89 bits per heavy atom. The lowest BCUT2D eigenvalue weighted by atomic mass is 10.2. The van der Waals surface area contributed by atoms with Crippen molar-refractivity contribution in [3.8, 4) is 0 Å². The molecule has 0 spiro atoms. The number of halogens is 1. The molecule has 0 saturated heterocycles. The first-order valence-corrected chi connectivity index (χ1v) is 7.01. The molecule has 0 amide bonds. The normalized spacial score (nSPS) is 10.5. The Morgan fingerprint density at radius 1 is 1.37 bits per heavy atom. The van der Waals surface area contributed by atoms with E-state index < -0.39 is 0 Å². The summed E-state index contributed by atoms with van der Waals surface area (Å²) in [6.45, 7) is 3.57. The Hall–Kier alpha value is -1.46. The molecule has 2 N–H and O–H groups in total. The first-order valence-electron chi connectivity index (χ1n) is 6.22. The van der Waals surface area contributed by atoms with Crippen LogP contribution in [0, 0.1) is 6.92 Å². The van der Waals surface area contributed by atoms with Gasteiger partial charge in [-0.05, 0) is 53.5 Å². The number of benzene rings is 1. The number of hydrogen-bond donors (Lipinski definition) is 1. The first-order chi connectivity index (χ1) is 9.22. The van der Waals surface area contributed by atoms with Gasteiger partial charge < -0.3 is 10.6 Å². The molecule has 0 saturated carbocycles. The monoisotopic (exact) mass is 320 g/mol. The van der Waals surface area contributed by atoms with Crippen LogP contribution in [0.15, 0.2) is 41.3 Å². The van der Waals surface area contributed by atoms with Crippen molar-refractivity contribution in [1.82, 2.24) is 9.97 Å². The zero-order valence-electron chi connectivity index (χ0n) is 10.9. The molecule has 0 atom stereocenters. The van der Waals surface area contributed by atoms with Crippen molar-refractivity contribution in [2.75, 3.05) is 18.0 Å². The van der Waals surface area contributed by atoms with Gasteiger partial charge in [0, 0.05) is 18.4 Å². The molecule has 1 aromatic heterocycles. The van der Waals surface area contributed by atoms with Crippen molar-refractivity contribution in [3.05, 3.63) is 46.8 Å². The summed E-state index contributed by atoms with van der Waals surface area (Å²) < 4.78 is 0.883. The molecule has 1 aromatic carbocycles. The van der Waals surface area contributed by atoms with E-state index in [0.29, 0.717) is 6.54 Å². The van der Waals surface area contributed by atoms with Crippen LogP contribution in [0.5, 0.6) is 0 Å². The minimum absolute atomic E-state index is 0.658. The SMILES string of the molecule is Cc1cccc(N(CCCN)c2ncncc2Br)c1. The van der Waals surface area contributed by atoms with Gasteiger partial charge in [0.05, 0.1) is 4.47 Å². The minimum atomic E-state index is 0.658. The predicted octanol–water partition coefficient (Wildman–Crippen LogP) is 3.03. The van der Waals surface area contributed by atoms with Gasteiger partial charge in [-0.2, -0.15) is 0 Å². The van der Waals surface area contributed by atoms with E-state index in [0.717, 1.165) is 28.9 Å². The molecule has 1 heterocycles. The summed E-state index contributed by atoms with van der Waals surface area (Å²) >= 11 is 3.51. The van der Waals surface area contributed by atoms with E-state index in [4.69, 9.17) is 5.73 Å². The molecule has 0 radical (unpaired) electrons. The van der Waals surface area contributed by atoms with E-state index in [2.05, 4.69) is 62.0 Å². The fourth-order valence-corrected chi connectivity index (χ4v) is 2.34. The van der Waals surface area contributed by atoms with Gasteiger partial charge in [-0.15, -0.1) is 0 Å². The van der Waals surface area contributed by atoms with Gasteiger partial charge in [0.1, 0.15) is 6.33 Å². The maximum atomic E-state index is 5.63. The molecule has 0 bridgehead atoms. The quantitative estimate of drug-likeness (QED) is 0.920. The first kappa shape index (κ1) is 14.0. The minimum Gasteiger partial charge on any atom is -0.330 e. The third-order valence-electron chi connectivity index (χ3n) is 2.80. The maximum absolute atomic E-state index is 5.63. The summed E-state index contributed by atoms with van der Waals surface area (Å²) in [4.78, 5) is 10.5. The molecule has 0 aliphatic carbocycles. The van der Waals surface area contributed by atoms with Crippen molar-refractivity contribution in [2.45, 2.75) is 13.3 Å². The summed E-state index contributed by atoms with van der Waals surface area (Å²) in [5, 5.41) is 0. The van der Waals surface area contributed by atoms with Gasteiger partial charge in [-0.1, -0.05) is 12.1 Å². The van der Waals surface area contributed by atoms with Crippen LogP contribution >= 0.6 is 15.9 Å². The highest BCUT2D eigenvalue weighted by atomic mass is 79.9. The molecule has 0 fully saturated rings. The highest BCUT2D eigenvalue weighted by molar-refractivity contribution is 9.10. The second kappa shape index (κ2) is 6.63. The van der Waals surface area contributed by atoms with Crippen molar-refractivity contribution < 1.29 is 0 Å². The summed E-state index contributed by atoms with van der Waals surface area (Å²) in [6, 6.07) is 8.36. The molecule has 4 nitrogen and oxygen atoms in total. The number of aromatic nitrogens is 2. The van der Waals surface area contributed by atoms with E-state index in [1.165, 1.54) is 5.56 Å². The summed E-state index contributed by atoms with van der Waals surface area (Å²) in [5.41, 5.74) is 7.97. The van der Waals surface area contributed by atoms with E-state index >= 15 is 0 Å². The predicted molar refractivity (Wildman–Crippen MR) is 81.6 cm³/mol. The van der Waals surface area contributed by atoms with Gasteiger partial charge >= 0.3 is 0 Å². The average molecular weight is 321 g/mol.